The van der Waals surface area contributed by atoms with Crippen LogP contribution < -0.4 is 24.8 Å². The maximum Gasteiger partial charge on any atom is 0.255 e. The van der Waals surface area contributed by atoms with Gasteiger partial charge >= 0.3 is 0 Å². The van der Waals surface area contributed by atoms with Gasteiger partial charge in [0.1, 0.15) is 16.7 Å². The molecule has 2 amide bonds. The molecule has 43 heavy (non-hydrogen) atoms. The molecule has 0 bridgehead atoms. The number of hydrogen-bond donors (Lipinski definition) is 2. The molecule has 2 N–H and O–H groups in total. The van der Waals surface area contributed by atoms with Crippen molar-refractivity contribution in [3.05, 3.63) is 139 Å². The Morgan fingerprint density at radius 1 is 0.628 bits per heavy atom. The van der Waals surface area contributed by atoms with Crippen molar-refractivity contribution in [3.63, 3.8) is 0 Å². The largest absolute Gasteiger partial charge is 0.493 e. The molecule has 0 saturated heterocycles. The van der Waals surface area contributed by atoms with Crippen LogP contribution in [0.5, 0.6) is 23.0 Å². The van der Waals surface area contributed by atoms with E-state index in [1.807, 2.05) is 109 Å². The highest BCUT2D eigenvalue weighted by atomic mass is 32.2. The Morgan fingerprint density at radius 2 is 1.21 bits per heavy atom. The average Bonchev–Trinajstić information content (AvgIpc) is 3.05. The summed E-state index contributed by atoms with van der Waals surface area (Å²) in [5.41, 5.74) is 2.61. The number of rotatable bonds is 11. The van der Waals surface area contributed by atoms with Crippen molar-refractivity contribution in [1.29, 1.82) is 0 Å². The summed E-state index contributed by atoms with van der Waals surface area (Å²) in [6.07, 6.45) is 0. The van der Waals surface area contributed by atoms with Crippen LogP contribution in [0.3, 0.4) is 0 Å². The second-order valence-corrected chi connectivity index (χ2v) is 10.6. The van der Waals surface area contributed by atoms with Crippen molar-refractivity contribution in [3.8, 4) is 23.0 Å². The molecular weight excluding hydrogens is 560 g/mol. The molecule has 0 aliphatic carbocycles. The molecule has 5 aromatic carbocycles. The maximum atomic E-state index is 13.5. The molecule has 0 spiro atoms. The van der Waals surface area contributed by atoms with Crippen molar-refractivity contribution < 1.29 is 23.8 Å². The number of para-hydroxylation sites is 1. The van der Waals surface area contributed by atoms with E-state index in [0.29, 0.717) is 34.2 Å². The molecular formula is C35H30N2O5S. The second kappa shape index (κ2) is 14.1. The van der Waals surface area contributed by atoms with Crippen molar-refractivity contribution >= 4 is 35.0 Å². The zero-order chi connectivity index (χ0) is 30.0. The fraction of sp³-hybridized carbons (Fsp3) is 0.0857. The molecule has 0 aliphatic heterocycles. The van der Waals surface area contributed by atoms with E-state index >= 15 is 0 Å². The van der Waals surface area contributed by atoms with Crippen LogP contribution in [0.4, 0.5) is 11.4 Å². The summed E-state index contributed by atoms with van der Waals surface area (Å²) in [6.45, 7) is 0. The third-order valence-corrected chi connectivity index (χ3v) is 7.72. The van der Waals surface area contributed by atoms with E-state index in [1.54, 1.807) is 25.3 Å². The van der Waals surface area contributed by atoms with Gasteiger partial charge in [-0.1, -0.05) is 48.5 Å². The van der Waals surface area contributed by atoms with Gasteiger partial charge in [0.15, 0.2) is 11.5 Å². The van der Waals surface area contributed by atoms with Gasteiger partial charge in [-0.3, -0.25) is 9.59 Å². The number of thioether (sulfide) groups is 1. The topological polar surface area (TPSA) is 85.9 Å². The molecule has 1 unspecified atom stereocenters. The van der Waals surface area contributed by atoms with Crippen LogP contribution >= 0.6 is 11.8 Å². The minimum Gasteiger partial charge on any atom is -0.493 e. The Bertz CT molecular complexity index is 1660. The smallest absolute Gasteiger partial charge is 0.255 e. The number of anilines is 2. The highest BCUT2D eigenvalue weighted by Gasteiger charge is 2.22. The van der Waals surface area contributed by atoms with E-state index in [4.69, 9.17) is 14.2 Å². The molecule has 1 atom stereocenters. The Kier molecular flexibility index (Phi) is 9.61. The van der Waals surface area contributed by atoms with Gasteiger partial charge in [-0.05, 0) is 84.4 Å². The summed E-state index contributed by atoms with van der Waals surface area (Å²) < 4.78 is 16.4. The summed E-state index contributed by atoms with van der Waals surface area (Å²) in [5, 5.41) is 5.43. The number of methoxy groups -OCH3 is 2. The van der Waals surface area contributed by atoms with E-state index in [2.05, 4.69) is 10.6 Å². The predicted octanol–water partition coefficient (Wildman–Crippen LogP) is 8.22. The molecule has 0 aliphatic rings. The molecule has 216 valence electrons. The highest BCUT2D eigenvalue weighted by molar-refractivity contribution is 8.00. The van der Waals surface area contributed by atoms with Crippen LogP contribution in [-0.2, 0) is 4.79 Å². The molecule has 7 nitrogen and oxygen atoms in total. The summed E-state index contributed by atoms with van der Waals surface area (Å²) in [7, 11) is 3.07. The van der Waals surface area contributed by atoms with Gasteiger partial charge in [0.05, 0.1) is 14.2 Å². The van der Waals surface area contributed by atoms with Gasteiger partial charge in [-0.2, -0.15) is 0 Å². The fourth-order valence-corrected chi connectivity index (χ4v) is 5.30. The molecule has 5 rings (SSSR count). The second-order valence-electron chi connectivity index (χ2n) is 9.39. The van der Waals surface area contributed by atoms with Crippen LogP contribution in [0.2, 0.25) is 0 Å². The number of carbonyl (C=O) groups is 2. The SMILES string of the molecule is COc1ccc(C(=O)Nc2ccc(SC(C(=O)Nc3ccc(Oc4ccccc4)cc3)c3ccccc3)cc2)cc1OC. The van der Waals surface area contributed by atoms with Gasteiger partial charge < -0.3 is 24.8 Å². The van der Waals surface area contributed by atoms with E-state index in [-0.39, 0.29) is 11.8 Å². The Labute approximate surface area is 254 Å². The lowest BCUT2D eigenvalue weighted by Gasteiger charge is -2.18. The first-order chi connectivity index (χ1) is 21.0. The normalized spacial score (nSPS) is 11.2. The van der Waals surface area contributed by atoms with Crippen LogP contribution in [-0.4, -0.2) is 26.0 Å². The Hall–Kier alpha value is -5.21. The number of nitrogens with one attached hydrogen (secondary N) is 2. The lowest BCUT2D eigenvalue weighted by atomic mass is 10.1. The summed E-state index contributed by atoms with van der Waals surface area (Å²) in [4.78, 5) is 27.2. The van der Waals surface area contributed by atoms with E-state index in [1.165, 1.54) is 18.9 Å². The van der Waals surface area contributed by atoms with Crippen LogP contribution in [0.1, 0.15) is 21.2 Å². The first-order valence-electron chi connectivity index (χ1n) is 13.5. The number of carbonyl (C=O) groups excluding carboxylic acids is 2. The van der Waals surface area contributed by atoms with Crippen LogP contribution in [0.25, 0.3) is 0 Å². The molecule has 0 radical (unpaired) electrons. The standard InChI is InChI=1S/C35H30N2O5S/c1-40-31-22-13-25(23-32(31)41-2)34(38)36-27-16-20-30(21-17-27)43-33(24-9-5-3-6-10-24)35(39)37-26-14-18-29(19-15-26)42-28-11-7-4-8-12-28/h3-23,33H,1-2H3,(H,36,38)(H,37,39). The molecule has 5 aromatic rings. The summed E-state index contributed by atoms with van der Waals surface area (Å²) in [5.74, 6) is 2.01. The number of ether oxygens (including phenoxy) is 3. The Balaban J connectivity index is 1.25. The Morgan fingerprint density at radius 3 is 1.86 bits per heavy atom. The third kappa shape index (κ3) is 7.75. The van der Waals surface area contributed by atoms with Crippen LogP contribution in [0, 0.1) is 0 Å². The van der Waals surface area contributed by atoms with Crippen molar-refractivity contribution in [2.24, 2.45) is 0 Å². The first kappa shape index (κ1) is 29.3. The lowest BCUT2D eigenvalue weighted by Crippen LogP contribution is -2.19. The lowest BCUT2D eigenvalue weighted by molar-refractivity contribution is -0.115. The predicted molar refractivity (Wildman–Crippen MR) is 171 cm³/mol. The van der Waals surface area contributed by atoms with Gasteiger partial charge in [-0.15, -0.1) is 11.8 Å². The third-order valence-electron chi connectivity index (χ3n) is 6.45. The van der Waals surface area contributed by atoms with Crippen molar-refractivity contribution in [2.75, 3.05) is 24.9 Å². The monoisotopic (exact) mass is 590 g/mol. The number of hydrogen-bond acceptors (Lipinski definition) is 6. The van der Waals surface area contributed by atoms with Gasteiger partial charge in [-0.25, -0.2) is 0 Å². The fourth-order valence-electron chi connectivity index (χ4n) is 4.27. The summed E-state index contributed by atoms with van der Waals surface area (Å²) in [6, 6.07) is 38.8. The number of amides is 2. The first-order valence-corrected chi connectivity index (χ1v) is 14.4. The van der Waals surface area contributed by atoms with Gasteiger partial charge in [0.2, 0.25) is 5.91 Å². The zero-order valence-electron chi connectivity index (χ0n) is 23.7. The summed E-state index contributed by atoms with van der Waals surface area (Å²) >= 11 is 1.43. The zero-order valence-corrected chi connectivity index (χ0v) is 24.5. The van der Waals surface area contributed by atoms with E-state index < -0.39 is 5.25 Å². The minimum atomic E-state index is -0.506. The van der Waals surface area contributed by atoms with Gasteiger partial charge in [0.25, 0.3) is 5.91 Å². The van der Waals surface area contributed by atoms with Gasteiger partial charge in [0, 0.05) is 21.8 Å². The molecule has 0 fully saturated rings. The maximum absolute atomic E-state index is 13.5. The quantitative estimate of drug-likeness (QED) is 0.151. The molecule has 0 saturated carbocycles. The average molecular weight is 591 g/mol. The molecule has 8 heteroatoms. The number of benzene rings is 5. The van der Waals surface area contributed by atoms with E-state index in [0.717, 1.165) is 16.2 Å². The minimum absolute atomic E-state index is 0.154. The highest BCUT2D eigenvalue weighted by Crippen LogP contribution is 2.37. The van der Waals surface area contributed by atoms with Crippen LogP contribution in [0.15, 0.2) is 132 Å². The molecule has 0 heterocycles. The molecule has 0 aromatic heterocycles. The van der Waals surface area contributed by atoms with Crippen molar-refractivity contribution in [2.45, 2.75) is 10.1 Å². The van der Waals surface area contributed by atoms with E-state index in [9.17, 15) is 9.59 Å². The van der Waals surface area contributed by atoms with Crippen molar-refractivity contribution in [1.82, 2.24) is 0 Å².